The number of carbonyl (C=O) groups excluding carboxylic acids is 1. The molecule has 10 heteroatoms. The van der Waals surface area contributed by atoms with Crippen molar-refractivity contribution in [1.82, 2.24) is 5.32 Å². The summed E-state index contributed by atoms with van der Waals surface area (Å²) in [4.78, 5) is 13.0. The minimum Gasteiger partial charge on any atom is -0.486 e. The first-order valence-electron chi connectivity index (χ1n) is 10.3. The van der Waals surface area contributed by atoms with Gasteiger partial charge in [0.05, 0.1) is 18.0 Å². The largest absolute Gasteiger partial charge is 0.486 e. The van der Waals surface area contributed by atoms with E-state index in [0.29, 0.717) is 55.1 Å². The molecule has 2 atom stereocenters. The van der Waals surface area contributed by atoms with Gasteiger partial charge in [0, 0.05) is 6.07 Å². The van der Waals surface area contributed by atoms with Gasteiger partial charge >= 0.3 is 0 Å². The van der Waals surface area contributed by atoms with Crippen molar-refractivity contribution >= 4 is 21.6 Å². The second-order valence-corrected chi connectivity index (χ2v) is 9.56. The Morgan fingerprint density at radius 2 is 1.41 bits per heavy atom. The molecule has 0 unspecified atom stereocenters. The Hall–Kier alpha value is -3.14. The lowest BCUT2D eigenvalue weighted by atomic mass is 10.1. The number of rotatable bonds is 6. The number of nitrogens with zero attached hydrogens (tertiary/aromatic N) is 1. The van der Waals surface area contributed by atoms with Gasteiger partial charge in [-0.15, -0.1) is 0 Å². The topological polar surface area (TPSA) is 103 Å². The zero-order chi connectivity index (χ0) is 22.9. The van der Waals surface area contributed by atoms with Crippen LogP contribution in [0.5, 0.6) is 23.0 Å². The molecule has 0 spiro atoms. The van der Waals surface area contributed by atoms with Gasteiger partial charge in [0.25, 0.3) is 0 Å². The molecule has 2 aliphatic heterocycles. The Balaban J connectivity index is 1.54. The number of sulfonamides is 1. The van der Waals surface area contributed by atoms with Gasteiger partial charge in [-0.05, 0) is 43.7 Å². The Bertz CT molecular complexity index is 1120. The van der Waals surface area contributed by atoms with Crippen molar-refractivity contribution in [2.24, 2.45) is 0 Å². The van der Waals surface area contributed by atoms with Gasteiger partial charge in [-0.3, -0.25) is 9.10 Å². The van der Waals surface area contributed by atoms with Crippen molar-refractivity contribution in [3.8, 4) is 23.0 Å². The zero-order valence-electron chi connectivity index (χ0n) is 18.2. The number of carbonyl (C=O) groups is 1. The second-order valence-electron chi connectivity index (χ2n) is 7.70. The van der Waals surface area contributed by atoms with Crippen LogP contribution in [0.1, 0.15) is 25.5 Å². The third-order valence-corrected chi connectivity index (χ3v) is 6.54. The molecule has 2 aromatic carbocycles. The Morgan fingerprint density at radius 3 is 2.00 bits per heavy atom. The number of hydrogen-bond acceptors (Lipinski definition) is 7. The van der Waals surface area contributed by atoms with Crippen LogP contribution in [0.4, 0.5) is 5.69 Å². The summed E-state index contributed by atoms with van der Waals surface area (Å²) >= 11 is 0. The number of hydrogen-bond donors (Lipinski definition) is 1. The molecule has 9 nitrogen and oxygen atoms in total. The molecule has 1 N–H and O–H groups in total. The number of nitrogens with one attached hydrogen (secondary N) is 1. The van der Waals surface area contributed by atoms with E-state index in [1.54, 1.807) is 31.2 Å². The van der Waals surface area contributed by atoms with Crippen LogP contribution in [0, 0.1) is 0 Å². The number of amides is 1. The van der Waals surface area contributed by atoms with E-state index in [9.17, 15) is 13.2 Å². The van der Waals surface area contributed by atoms with Crippen LogP contribution >= 0.6 is 0 Å². The molecule has 0 bridgehead atoms. The molecule has 2 heterocycles. The first kappa shape index (κ1) is 22.1. The van der Waals surface area contributed by atoms with Gasteiger partial charge < -0.3 is 24.3 Å². The van der Waals surface area contributed by atoms with Crippen LogP contribution < -0.4 is 28.6 Å². The summed E-state index contributed by atoms with van der Waals surface area (Å²) < 4.78 is 48.5. The van der Waals surface area contributed by atoms with E-state index in [1.165, 1.54) is 0 Å². The Kier molecular flexibility index (Phi) is 6.05. The van der Waals surface area contributed by atoms with Gasteiger partial charge in [0.2, 0.25) is 15.9 Å². The molecular weight excluding hydrogens is 436 g/mol. The van der Waals surface area contributed by atoms with E-state index >= 15 is 0 Å². The van der Waals surface area contributed by atoms with Crippen molar-refractivity contribution in [2.75, 3.05) is 37.0 Å². The van der Waals surface area contributed by atoms with E-state index in [2.05, 4.69) is 5.32 Å². The van der Waals surface area contributed by atoms with Gasteiger partial charge in [-0.25, -0.2) is 8.42 Å². The summed E-state index contributed by atoms with van der Waals surface area (Å²) in [5.41, 5.74) is 1.14. The fourth-order valence-corrected chi connectivity index (χ4v) is 4.89. The van der Waals surface area contributed by atoms with Crippen molar-refractivity contribution in [3.63, 3.8) is 0 Å². The average Bonchev–Trinajstić information content (AvgIpc) is 2.77. The monoisotopic (exact) mass is 462 g/mol. The molecule has 32 heavy (non-hydrogen) atoms. The quantitative estimate of drug-likeness (QED) is 0.702. The third kappa shape index (κ3) is 4.55. The molecule has 0 radical (unpaired) electrons. The summed E-state index contributed by atoms with van der Waals surface area (Å²) in [6, 6.07) is 8.91. The summed E-state index contributed by atoms with van der Waals surface area (Å²) in [5, 5.41) is 2.89. The predicted octanol–water partition coefficient (Wildman–Crippen LogP) is 2.26. The van der Waals surface area contributed by atoms with Crippen molar-refractivity contribution in [1.29, 1.82) is 0 Å². The van der Waals surface area contributed by atoms with Crippen LogP contribution in [0.2, 0.25) is 0 Å². The Labute approximate surface area is 187 Å². The molecule has 0 saturated heterocycles. The normalized spacial score (nSPS) is 16.6. The molecule has 2 aromatic rings. The molecule has 0 aliphatic carbocycles. The average molecular weight is 463 g/mol. The van der Waals surface area contributed by atoms with Crippen LogP contribution in [-0.2, 0) is 14.8 Å². The Morgan fingerprint density at radius 1 is 0.875 bits per heavy atom. The first-order valence-corrected chi connectivity index (χ1v) is 12.2. The maximum absolute atomic E-state index is 13.0. The molecule has 4 rings (SSSR count). The highest BCUT2D eigenvalue weighted by Gasteiger charge is 2.31. The number of benzene rings is 2. The van der Waals surface area contributed by atoms with Crippen LogP contribution in [0.3, 0.4) is 0 Å². The summed E-state index contributed by atoms with van der Waals surface area (Å²) in [6.45, 7) is 5.14. The van der Waals surface area contributed by atoms with Gasteiger partial charge in [0.15, 0.2) is 23.0 Å². The van der Waals surface area contributed by atoms with Crippen LogP contribution in [0.15, 0.2) is 36.4 Å². The summed E-state index contributed by atoms with van der Waals surface area (Å²) in [5.74, 6) is 1.83. The van der Waals surface area contributed by atoms with Gasteiger partial charge in [-0.1, -0.05) is 6.07 Å². The summed E-state index contributed by atoms with van der Waals surface area (Å²) in [7, 11) is -3.76. The standard InChI is InChI=1S/C22H26N2O7S/c1-14(16-4-6-18-20(12-16)30-10-8-28-18)23-22(25)15(2)24(32(3,26)27)17-5-7-19-21(13-17)31-11-9-29-19/h4-7,12-15H,8-11H2,1-3H3,(H,23,25)/t14-,15+/m0/s1. The van der Waals surface area contributed by atoms with E-state index < -0.39 is 22.0 Å². The van der Waals surface area contributed by atoms with E-state index in [0.717, 1.165) is 16.1 Å². The highest BCUT2D eigenvalue weighted by Crippen LogP contribution is 2.36. The highest BCUT2D eigenvalue weighted by atomic mass is 32.2. The lowest BCUT2D eigenvalue weighted by Crippen LogP contribution is -2.48. The predicted molar refractivity (Wildman–Crippen MR) is 118 cm³/mol. The lowest BCUT2D eigenvalue weighted by molar-refractivity contribution is -0.122. The van der Waals surface area contributed by atoms with E-state index in [4.69, 9.17) is 18.9 Å². The maximum Gasteiger partial charge on any atom is 0.244 e. The van der Waals surface area contributed by atoms with E-state index in [-0.39, 0.29) is 6.04 Å². The zero-order valence-corrected chi connectivity index (χ0v) is 19.0. The van der Waals surface area contributed by atoms with E-state index in [1.807, 2.05) is 19.1 Å². The molecule has 0 aromatic heterocycles. The van der Waals surface area contributed by atoms with Gasteiger partial charge in [0.1, 0.15) is 32.5 Å². The summed E-state index contributed by atoms with van der Waals surface area (Å²) in [6.07, 6.45) is 1.07. The maximum atomic E-state index is 13.0. The number of fused-ring (bicyclic) bond motifs is 2. The lowest BCUT2D eigenvalue weighted by Gasteiger charge is -2.30. The number of ether oxygens (including phenoxy) is 4. The second kappa shape index (κ2) is 8.78. The molecule has 1 amide bonds. The molecule has 0 saturated carbocycles. The fourth-order valence-electron chi connectivity index (χ4n) is 3.72. The number of anilines is 1. The fraction of sp³-hybridized carbons (Fsp3) is 0.409. The van der Waals surface area contributed by atoms with Crippen LogP contribution in [-0.4, -0.2) is 53.1 Å². The molecule has 2 aliphatic rings. The molecule has 0 fully saturated rings. The molecule has 172 valence electrons. The van der Waals surface area contributed by atoms with Crippen molar-refractivity contribution in [2.45, 2.75) is 25.9 Å². The van der Waals surface area contributed by atoms with Gasteiger partial charge in [-0.2, -0.15) is 0 Å². The van der Waals surface area contributed by atoms with Crippen LogP contribution in [0.25, 0.3) is 0 Å². The minimum absolute atomic E-state index is 0.325. The highest BCUT2D eigenvalue weighted by molar-refractivity contribution is 7.92. The smallest absolute Gasteiger partial charge is 0.244 e. The van der Waals surface area contributed by atoms with Crippen molar-refractivity contribution < 1.29 is 32.2 Å². The SMILES string of the molecule is C[C@H](NC(=O)[C@@H](C)N(c1ccc2c(c1)OCCO2)S(C)(=O)=O)c1ccc2c(c1)OCCO2. The third-order valence-electron chi connectivity index (χ3n) is 5.29. The van der Waals surface area contributed by atoms with Crippen molar-refractivity contribution in [3.05, 3.63) is 42.0 Å². The minimum atomic E-state index is -3.76. The molecular formula is C22H26N2O7S. The first-order chi connectivity index (χ1) is 15.2.